The zero-order valence-corrected chi connectivity index (χ0v) is 33.2. The molecule has 62 heavy (non-hydrogen) atoms. The lowest BCUT2D eigenvalue weighted by molar-refractivity contribution is 1.04. The quantitative estimate of drug-likeness (QED) is 0.168. The molecule has 0 aliphatic carbocycles. The highest BCUT2D eigenvalue weighted by Crippen LogP contribution is 2.46. The van der Waals surface area contributed by atoms with E-state index in [0.717, 1.165) is 78.0 Å². The molecule has 0 saturated heterocycles. The van der Waals surface area contributed by atoms with E-state index in [1.165, 1.54) is 21.5 Å². The van der Waals surface area contributed by atoms with Crippen molar-refractivity contribution < 1.29 is 0 Å². The maximum Gasteiger partial charge on any atom is 0.161 e. The molecule has 13 aromatic rings. The molecule has 290 valence electrons. The summed E-state index contributed by atoms with van der Waals surface area (Å²) in [5.74, 6) is 1.21. The second kappa shape index (κ2) is 13.5. The van der Waals surface area contributed by atoms with Gasteiger partial charge in [0.2, 0.25) is 0 Å². The van der Waals surface area contributed by atoms with E-state index in [0.29, 0.717) is 11.6 Å². The Morgan fingerprint density at radius 2 is 0.597 bits per heavy atom. The highest BCUT2D eigenvalue weighted by Gasteiger charge is 2.29. The van der Waals surface area contributed by atoms with Gasteiger partial charge < -0.3 is 0 Å². The SMILES string of the molecule is c1ccc(-n2c3ccccc3c3c4ccccc4n(-c4cc(-c5ncccn5)c(-n5c6ccccc6c6c7ccccc7n(-c7ccccc7)c65)cc4-c4ncccn4)c32)cc1. The summed E-state index contributed by atoms with van der Waals surface area (Å²) in [6.07, 6.45) is 7.28. The van der Waals surface area contributed by atoms with E-state index in [1.54, 1.807) is 0 Å². The third kappa shape index (κ3) is 4.89. The smallest absolute Gasteiger partial charge is 0.161 e. The van der Waals surface area contributed by atoms with Crippen LogP contribution in [-0.4, -0.2) is 38.2 Å². The second-order valence-electron chi connectivity index (χ2n) is 15.5. The molecule has 0 atom stereocenters. The van der Waals surface area contributed by atoms with Gasteiger partial charge in [0.25, 0.3) is 0 Å². The number of hydrogen-bond acceptors (Lipinski definition) is 4. The predicted octanol–water partition coefficient (Wildman–Crippen LogP) is 12.7. The van der Waals surface area contributed by atoms with Crippen molar-refractivity contribution in [3.8, 4) is 45.5 Å². The lowest BCUT2D eigenvalue weighted by Gasteiger charge is -2.21. The summed E-state index contributed by atoms with van der Waals surface area (Å²) in [6, 6.07) is 64.2. The van der Waals surface area contributed by atoms with Gasteiger partial charge in [-0.05, 0) is 72.8 Å². The topological polar surface area (TPSA) is 71.3 Å². The van der Waals surface area contributed by atoms with E-state index < -0.39 is 0 Å². The molecule has 6 aromatic heterocycles. The zero-order chi connectivity index (χ0) is 40.7. The van der Waals surface area contributed by atoms with E-state index in [-0.39, 0.29) is 0 Å². The van der Waals surface area contributed by atoms with Gasteiger partial charge in [0, 0.05) is 79.6 Å². The van der Waals surface area contributed by atoms with Crippen LogP contribution in [0.25, 0.3) is 111 Å². The van der Waals surface area contributed by atoms with Gasteiger partial charge in [0.1, 0.15) is 11.3 Å². The molecule has 0 spiro atoms. The van der Waals surface area contributed by atoms with Crippen LogP contribution >= 0.6 is 0 Å². The molecule has 0 aliphatic rings. The summed E-state index contributed by atoms with van der Waals surface area (Å²) < 4.78 is 9.55. The first-order chi connectivity index (χ1) is 30.8. The number of nitrogens with zero attached hydrogens (tertiary/aromatic N) is 8. The first kappa shape index (κ1) is 34.3. The molecule has 8 nitrogen and oxygen atoms in total. The van der Waals surface area contributed by atoms with Gasteiger partial charge in [-0.1, -0.05) is 109 Å². The van der Waals surface area contributed by atoms with E-state index in [2.05, 4.69) is 188 Å². The lowest BCUT2D eigenvalue weighted by atomic mass is 10.0. The van der Waals surface area contributed by atoms with Crippen LogP contribution in [0.15, 0.2) is 207 Å². The van der Waals surface area contributed by atoms with Crippen LogP contribution < -0.4 is 0 Å². The van der Waals surface area contributed by atoms with Crippen LogP contribution in [0.4, 0.5) is 0 Å². The maximum atomic E-state index is 4.98. The summed E-state index contributed by atoms with van der Waals surface area (Å²) in [5.41, 5.74) is 12.1. The molecule has 0 radical (unpaired) electrons. The summed E-state index contributed by atoms with van der Waals surface area (Å²) in [5, 5.41) is 7.01. The third-order valence-electron chi connectivity index (χ3n) is 12.2. The summed E-state index contributed by atoms with van der Waals surface area (Å²) in [6.45, 7) is 0. The molecule has 0 fully saturated rings. The second-order valence-corrected chi connectivity index (χ2v) is 15.5. The van der Waals surface area contributed by atoms with Crippen molar-refractivity contribution in [1.82, 2.24) is 38.2 Å². The Morgan fingerprint density at radius 1 is 0.290 bits per heavy atom. The van der Waals surface area contributed by atoms with Crippen molar-refractivity contribution >= 4 is 65.7 Å². The number of fused-ring (bicyclic) bond motifs is 10. The molecule has 0 amide bonds. The summed E-state index contributed by atoms with van der Waals surface area (Å²) in [7, 11) is 0. The Morgan fingerprint density at radius 3 is 0.952 bits per heavy atom. The molecule has 7 aromatic carbocycles. The first-order valence-corrected chi connectivity index (χ1v) is 20.7. The average Bonchev–Trinajstić information content (AvgIpc) is 4.07. The van der Waals surface area contributed by atoms with E-state index in [1.807, 2.05) is 36.9 Å². The Labute approximate surface area is 354 Å². The average molecular weight is 795 g/mol. The van der Waals surface area contributed by atoms with Crippen molar-refractivity contribution in [2.24, 2.45) is 0 Å². The monoisotopic (exact) mass is 794 g/mol. The maximum absolute atomic E-state index is 4.98. The lowest BCUT2D eigenvalue weighted by Crippen LogP contribution is -2.08. The van der Waals surface area contributed by atoms with Crippen molar-refractivity contribution in [2.75, 3.05) is 0 Å². The predicted molar refractivity (Wildman–Crippen MR) is 251 cm³/mol. The van der Waals surface area contributed by atoms with Gasteiger partial charge >= 0.3 is 0 Å². The van der Waals surface area contributed by atoms with Crippen LogP contribution in [0.1, 0.15) is 0 Å². The molecule has 13 rings (SSSR count). The Bertz CT molecular complexity index is 3590. The van der Waals surface area contributed by atoms with E-state index in [4.69, 9.17) is 19.9 Å². The van der Waals surface area contributed by atoms with Gasteiger partial charge in [-0.15, -0.1) is 0 Å². The largest absolute Gasteiger partial charge is 0.295 e. The highest BCUT2D eigenvalue weighted by molar-refractivity contribution is 6.24. The fraction of sp³-hybridized carbons (Fsp3) is 0. The van der Waals surface area contributed by atoms with Gasteiger partial charge in [0.15, 0.2) is 11.6 Å². The number of para-hydroxylation sites is 6. The van der Waals surface area contributed by atoms with Crippen LogP contribution in [-0.2, 0) is 0 Å². The Balaban J connectivity index is 1.25. The number of aromatic nitrogens is 8. The van der Waals surface area contributed by atoms with Crippen molar-refractivity contribution in [2.45, 2.75) is 0 Å². The minimum absolute atomic E-state index is 0.605. The van der Waals surface area contributed by atoms with Gasteiger partial charge in [-0.2, -0.15) is 0 Å². The van der Waals surface area contributed by atoms with E-state index >= 15 is 0 Å². The van der Waals surface area contributed by atoms with Crippen molar-refractivity contribution in [3.05, 3.63) is 207 Å². The first-order valence-electron chi connectivity index (χ1n) is 20.7. The molecular formula is C54H34N8. The third-order valence-corrected chi connectivity index (χ3v) is 12.2. The standard InChI is InChI=1S/C54H34N8/c1-3-17-35(18-4-1)59-43-25-11-7-21-37(43)49-39-23-9-13-27-45(39)61(53(49)59)47-33-42(52-57-31-16-32-58-52)48(34-41(47)51-55-29-15-30-56-51)62-46-28-14-10-24-40(46)50-38-22-8-12-26-44(38)60(54(50)62)36-19-5-2-6-20-36/h1-34H. The van der Waals surface area contributed by atoms with Crippen LogP contribution in [0.2, 0.25) is 0 Å². The fourth-order valence-corrected chi connectivity index (χ4v) is 9.74. The molecule has 6 heterocycles. The summed E-state index contributed by atoms with van der Waals surface area (Å²) >= 11 is 0. The van der Waals surface area contributed by atoms with Crippen LogP contribution in [0.5, 0.6) is 0 Å². The molecule has 8 heteroatoms. The van der Waals surface area contributed by atoms with Crippen molar-refractivity contribution in [3.63, 3.8) is 0 Å². The zero-order valence-electron chi connectivity index (χ0n) is 33.2. The number of benzene rings is 7. The normalized spacial score (nSPS) is 11.9. The minimum Gasteiger partial charge on any atom is -0.295 e. The Kier molecular flexibility index (Phi) is 7.43. The van der Waals surface area contributed by atoms with Crippen LogP contribution in [0, 0.1) is 0 Å². The summed E-state index contributed by atoms with van der Waals surface area (Å²) in [4.78, 5) is 19.9. The molecule has 0 aliphatic heterocycles. The molecule has 0 bridgehead atoms. The fourth-order valence-electron chi connectivity index (χ4n) is 9.74. The highest BCUT2D eigenvalue weighted by atomic mass is 15.2. The molecule has 0 N–H and O–H groups in total. The minimum atomic E-state index is 0.605. The van der Waals surface area contributed by atoms with Gasteiger partial charge in [0.05, 0.1) is 33.4 Å². The van der Waals surface area contributed by atoms with Crippen molar-refractivity contribution in [1.29, 1.82) is 0 Å². The number of rotatable bonds is 6. The van der Waals surface area contributed by atoms with Gasteiger partial charge in [-0.3, -0.25) is 18.3 Å². The Hall–Kier alpha value is -8.62. The molecular weight excluding hydrogens is 761 g/mol. The van der Waals surface area contributed by atoms with E-state index in [9.17, 15) is 0 Å². The molecule has 0 saturated carbocycles. The van der Waals surface area contributed by atoms with Gasteiger partial charge in [-0.25, -0.2) is 19.9 Å². The molecule has 0 unspecified atom stereocenters. The number of hydrogen-bond donors (Lipinski definition) is 0. The van der Waals surface area contributed by atoms with Crippen LogP contribution in [0.3, 0.4) is 0 Å².